The molecule has 0 aliphatic heterocycles. The molecular weight excluding hydrogens is 160 g/mol. The van der Waals surface area contributed by atoms with Gasteiger partial charge in [-0.25, -0.2) is 4.98 Å². The summed E-state index contributed by atoms with van der Waals surface area (Å²) in [6.45, 7) is 2.47. The number of rotatable bonds is 3. The van der Waals surface area contributed by atoms with Gasteiger partial charge in [0, 0.05) is 6.54 Å². The van der Waals surface area contributed by atoms with Crippen LogP contribution in [0.1, 0.15) is 16.8 Å². The van der Waals surface area contributed by atoms with Crippen LogP contribution < -0.4 is 5.73 Å². The fraction of sp³-hybridized carbons (Fsp3) is 0.571. The Hall–Kier alpha value is -0.480. The second-order valence-electron chi connectivity index (χ2n) is 2.29. The van der Waals surface area contributed by atoms with Gasteiger partial charge in [-0.2, -0.15) is 11.8 Å². The van der Waals surface area contributed by atoms with Gasteiger partial charge in [-0.3, -0.25) is 0 Å². The lowest BCUT2D eigenvalue weighted by molar-refractivity contribution is 0.492. The molecule has 2 N–H and O–H groups in total. The van der Waals surface area contributed by atoms with Gasteiger partial charge in [0.2, 0.25) is 5.89 Å². The van der Waals surface area contributed by atoms with Gasteiger partial charge in [0.25, 0.3) is 0 Å². The van der Waals surface area contributed by atoms with Gasteiger partial charge in [0.05, 0.1) is 10.9 Å². The number of nitrogens with zero attached hydrogens (tertiary/aromatic N) is 1. The van der Waals surface area contributed by atoms with Crippen molar-refractivity contribution in [3.05, 3.63) is 17.8 Å². The zero-order valence-corrected chi connectivity index (χ0v) is 7.52. The number of thioether (sulfide) groups is 1. The molecule has 3 nitrogen and oxygen atoms in total. The average molecular weight is 172 g/mol. The summed E-state index contributed by atoms with van der Waals surface area (Å²) in [5.74, 6) is 0.734. The lowest BCUT2D eigenvalue weighted by Crippen LogP contribution is -2.09. The maximum Gasteiger partial charge on any atom is 0.208 e. The minimum absolute atomic E-state index is 0.198. The Kier molecular flexibility index (Phi) is 2.96. The maximum atomic E-state index is 5.50. The minimum Gasteiger partial charge on any atom is -0.447 e. The van der Waals surface area contributed by atoms with Crippen LogP contribution in [0.2, 0.25) is 0 Å². The van der Waals surface area contributed by atoms with E-state index >= 15 is 0 Å². The number of hydrogen-bond donors (Lipinski definition) is 1. The first kappa shape index (κ1) is 8.62. The van der Waals surface area contributed by atoms with Crippen LogP contribution in [0, 0.1) is 6.92 Å². The molecule has 1 unspecified atom stereocenters. The molecule has 1 atom stereocenters. The highest BCUT2D eigenvalue weighted by atomic mass is 32.2. The van der Waals surface area contributed by atoms with E-state index in [-0.39, 0.29) is 5.25 Å². The standard InChI is InChI=1S/C7H12N2OS/c1-5-4-10-7(9-5)6(3-8)11-2/h4,6H,3,8H2,1-2H3. The molecule has 0 fully saturated rings. The van der Waals surface area contributed by atoms with E-state index in [0.29, 0.717) is 6.54 Å². The highest BCUT2D eigenvalue weighted by Crippen LogP contribution is 2.23. The third-order valence-electron chi connectivity index (χ3n) is 1.41. The third kappa shape index (κ3) is 1.97. The summed E-state index contributed by atoms with van der Waals surface area (Å²) in [6.07, 6.45) is 3.64. The number of aryl methyl sites for hydroxylation is 1. The van der Waals surface area contributed by atoms with Gasteiger partial charge in [0.1, 0.15) is 6.26 Å². The van der Waals surface area contributed by atoms with Gasteiger partial charge in [-0.1, -0.05) is 0 Å². The zero-order valence-electron chi connectivity index (χ0n) is 6.70. The predicted molar refractivity (Wildman–Crippen MR) is 46.6 cm³/mol. The van der Waals surface area contributed by atoms with Crippen LogP contribution in [-0.2, 0) is 0 Å². The summed E-state index contributed by atoms with van der Waals surface area (Å²) in [7, 11) is 0. The Balaban J connectivity index is 2.73. The maximum absolute atomic E-state index is 5.50. The average Bonchev–Trinajstić information content (AvgIpc) is 2.39. The van der Waals surface area contributed by atoms with E-state index in [4.69, 9.17) is 10.2 Å². The van der Waals surface area contributed by atoms with E-state index in [0.717, 1.165) is 11.6 Å². The number of aromatic nitrogens is 1. The Bertz CT molecular complexity index is 220. The summed E-state index contributed by atoms with van der Waals surface area (Å²) in [6, 6.07) is 0. The zero-order chi connectivity index (χ0) is 8.27. The molecule has 1 rings (SSSR count). The van der Waals surface area contributed by atoms with Crippen LogP contribution in [0.3, 0.4) is 0 Å². The summed E-state index contributed by atoms with van der Waals surface area (Å²) >= 11 is 1.66. The molecule has 0 radical (unpaired) electrons. The molecule has 0 bridgehead atoms. The molecule has 0 aliphatic rings. The summed E-state index contributed by atoms with van der Waals surface area (Å²) in [4.78, 5) is 4.19. The van der Waals surface area contributed by atoms with Crippen molar-refractivity contribution in [1.82, 2.24) is 4.98 Å². The van der Waals surface area contributed by atoms with Crippen molar-refractivity contribution < 1.29 is 4.42 Å². The van der Waals surface area contributed by atoms with Crippen molar-refractivity contribution in [1.29, 1.82) is 0 Å². The van der Waals surface area contributed by atoms with Gasteiger partial charge in [-0.15, -0.1) is 0 Å². The molecular formula is C7H12N2OS. The fourth-order valence-electron chi connectivity index (χ4n) is 0.818. The Morgan fingerprint density at radius 3 is 2.91 bits per heavy atom. The first-order valence-corrected chi connectivity index (χ1v) is 4.71. The highest BCUT2D eigenvalue weighted by Gasteiger charge is 2.12. The SMILES string of the molecule is CSC(CN)c1nc(C)co1. The Morgan fingerprint density at radius 1 is 1.82 bits per heavy atom. The molecule has 0 spiro atoms. The molecule has 0 amide bonds. The van der Waals surface area contributed by atoms with Crippen LogP contribution in [-0.4, -0.2) is 17.8 Å². The minimum atomic E-state index is 0.198. The molecule has 0 aliphatic carbocycles. The summed E-state index contributed by atoms with van der Waals surface area (Å²) in [5, 5.41) is 0.198. The first-order chi connectivity index (χ1) is 5.27. The van der Waals surface area contributed by atoms with E-state index in [1.807, 2.05) is 13.2 Å². The Labute approximate surface area is 70.4 Å². The Morgan fingerprint density at radius 2 is 2.55 bits per heavy atom. The second kappa shape index (κ2) is 3.78. The van der Waals surface area contributed by atoms with E-state index < -0.39 is 0 Å². The topological polar surface area (TPSA) is 52.0 Å². The molecule has 4 heteroatoms. The van der Waals surface area contributed by atoms with E-state index in [1.54, 1.807) is 18.0 Å². The quantitative estimate of drug-likeness (QED) is 0.747. The van der Waals surface area contributed by atoms with Gasteiger partial charge < -0.3 is 10.2 Å². The summed E-state index contributed by atoms with van der Waals surface area (Å²) < 4.78 is 5.20. The van der Waals surface area contributed by atoms with E-state index in [9.17, 15) is 0 Å². The first-order valence-electron chi connectivity index (χ1n) is 3.42. The fourth-order valence-corrected chi connectivity index (χ4v) is 1.32. The van der Waals surface area contributed by atoms with Crippen LogP contribution in [0.4, 0.5) is 0 Å². The molecule has 1 aromatic heterocycles. The smallest absolute Gasteiger partial charge is 0.208 e. The third-order valence-corrected chi connectivity index (χ3v) is 2.37. The van der Waals surface area contributed by atoms with Gasteiger partial charge in [-0.05, 0) is 13.2 Å². The highest BCUT2D eigenvalue weighted by molar-refractivity contribution is 7.98. The monoisotopic (exact) mass is 172 g/mol. The molecule has 1 aromatic rings. The van der Waals surface area contributed by atoms with Crippen LogP contribution in [0.15, 0.2) is 10.7 Å². The van der Waals surface area contributed by atoms with E-state index in [1.165, 1.54) is 0 Å². The number of hydrogen-bond acceptors (Lipinski definition) is 4. The molecule has 11 heavy (non-hydrogen) atoms. The lowest BCUT2D eigenvalue weighted by Gasteiger charge is -2.04. The van der Waals surface area contributed by atoms with Crippen molar-refractivity contribution in [3.8, 4) is 0 Å². The van der Waals surface area contributed by atoms with Crippen LogP contribution >= 0.6 is 11.8 Å². The van der Waals surface area contributed by atoms with Crippen molar-refractivity contribution in [2.45, 2.75) is 12.2 Å². The van der Waals surface area contributed by atoms with Crippen molar-refractivity contribution >= 4 is 11.8 Å². The lowest BCUT2D eigenvalue weighted by atomic mass is 10.4. The van der Waals surface area contributed by atoms with Gasteiger partial charge in [0.15, 0.2) is 0 Å². The normalized spacial score (nSPS) is 13.4. The van der Waals surface area contributed by atoms with E-state index in [2.05, 4.69) is 4.98 Å². The largest absolute Gasteiger partial charge is 0.447 e. The molecule has 0 aromatic carbocycles. The number of nitrogens with two attached hydrogens (primary N) is 1. The summed E-state index contributed by atoms with van der Waals surface area (Å²) in [5.41, 5.74) is 6.41. The molecule has 62 valence electrons. The van der Waals surface area contributed by atoms with Crippen molar-refractivity contribution in [2.24, 2.45) is 5.73 Å². The molecule has 0 saturated carbocycles. The van der Waals surface area contributed by atoms with Crippen molar-refractivity contribution in [2.75, 3.05) is 12.8 Å². The molecule has 0 saturated heterocycles. The molecule has 1 heterocycles. The van der Waals surface area contributed by atoms with Crippen molar-refractivity contribution in [3.63, 3.8) is 0 Å². The number of oxazole rings is 1. The van der Waals surface area contributed by atoms with Crippen LogP contribution in [0.5, 0.6) is 0 Å². The van der Waals surface area contributed by atoms with Crippen LogP contribution in [0.25, 0.3) is 0 Å². The van der Waals surface area contributed by atoms with Gasteiger partial charge >= 0.3 is 0 Å². The predicted octanol–water partition coefficient (Wildman–Crippen LogP) is 1.35. The second-order valence-corrected chi connectivity index (χ2v) is 3.33.